The van der Waals surface area contributed by atoms with E-state index < -0.39 is 4.75 Å². The van der Waals surface area contributed by atoms with E-state index in [1.165, 1.54) is 17.9 Å². The number of halogens is 1. The summed E-state index contributed by atoms with van der Waals surface area (Å²) < 4.78 is 4.56. The SMILES string of the molecule is CC(=O)Oc1ccc(C(C)(SCl)c2ccc(O)cc2)cc1. The molecule has 0 fully saturated rings. The molecule has 0 heterocycles. The minimum absolute atomic E-state index is 0.214. The summed E-state index contributed by atoms with van der Waals surface area (Å²) in [6.07, 6.45) is 0. The van der Waals surface area contributed by atoms with Gasteiger partial charge in [-0.3, -0.25) is 4.79 Å². The molecule has 0 bridgehead atoms. The second-order valence-corrected chi connectivity index (χ2v) is 6.21. The molecule has 2 aromatic rings. The fourth-order valence-corrected chi connectivity index (χ4v) is 3.03. The number of carbonyl (C=O) groups excluding carboxylic acids is 1. The van der Waals surface area contributed by atoms with Crippen LogP contribution >= 0.6 is 21.7 Å². The predicted molar refractivity (Wildman–Crippen MR) is 85.8 cm³/mol. The molecule has 0 saturated carbocycles. The topological polar surface area (TPSA) is 46.5 Å². The molecule has 0 aliphatic heterocycles. The van der Waals surface area contributed by atoms with Gasteiger partial charge in [-0.05, 0) is 64.0 Å². The minimum atomic E-state index is -0.468. The molecule has 1 atom stereocenters. The van der Waals surface area contributed by atoms with Crippen LogP contribution in [0.3, 0.4) is 0 Å². The third-order valence-corrected chi connectivity index (χ3v) is 4.95. The van der Waals surface area contributed by atoms with Gasteiger partial charge in [-0.1, -0.05) is 24.3 Å². The molecule has 5 heteroatoms. The number of phenolic OH excluding ortho intramolecular Hbond substituents is 1. The number of esters is 1. The normalized spacial score (nSPS) is 13.5. The van der Waals surface area contributed by atoms with Gasteiger partial charge in [-0.15, -0.1) is 0 Å². The van der Waals surface area contributed by atoms with Gasteiger partial charge in [0.2, 0.25) is 0 Å². The van der Waals surface area contributed by atoms with Gasteiger partial charge in [0.15, 0.2) is 0 Å². The Morgan fingerprint density at radius 3 is 2.00 bits per heavy atom. The van der Waals surface area contributed by atoms with Crippen molar-refractivity contribution in [2.75, 3.05) is 0 Å². The van der Waals surface area contributed by atoms with Gasteiger partial charge in [0, 0.05) is 6.92 Å². The van der Waals surface area contributed by atoms with E-state index in [9.17, 15) is 9.90 Å². The molecule has 0 spiro atoms. The largest absolute Gasteiger partial charge is 0.508 e. The average Bonchev–Trinajstić information content (AvgIpc) is 2.47. The Bertz CT molecular complexity index is 625. The quantitative estimate of drug-likeness (QED) is 0.666. The van der Waals surface area contributed by atoms with Crippen LogP contribution in [0, 0.1) is 0 Å². The molecule has 21 heavy (non-hydrogen) atoms. The number of aromatic hydroxyl groups is 1. The first kappa shape index (κ1) is 15.7. The number of rotatable bonds is 4. The van der Waals surface area contributed by atoms with Gasteiger partial charge < -0.3 is 9.84 Å². The van der Waals surface area contributed by atoms with Crippen LogP contribution in [0.5, 0.6) is 11.5 Å². The van der Waals surface area contributed by atoms with Crippen molar-refractivity contribution in [3.8, 4) is 11.5 Å². The van der Waals surface area contributed by atoms with E-state index in [0.717, 1.165) is 11.1 Å². The molecule has 0 aromatic heterocycles. The number of benzene rings is 2. The first-order valence-electron chi connectivity index (χ1n) is 6.34. The summed E-state index contributed by atoms with van der Waals surface area (Å²) in [5.41, 5.74) is 1.95. The van der Waals surface area contributed by atoms with Gasteiger partial charge in [-0.25, -0.2) is 0 Å². The van der Waals surface area contributed by atoms with E-state index in [1.54, 1.807) is 24.3 Å². The van der Waals surface area contributed by atoms with Crippen molar-refractivity contribution in [3.63, 3.8) is 0 Å². The second-order valence-electron chi connectivity index (χ2n) is 4.78. The molecular weight excluding hydrogens is 308 g/mol. The van der Waals surface area contributed by atoms with Gasteiger partial charge in [-0.2, -0.15) is 0 Å². The van der Waals surface area contributed by atoms with E-state index in [4.69, 9.17) is 15.4 Å². The van der Waals surface area contributed by atoms with Crippen LogP contribution in [-0.4, -0.2) is 11.1 Å². The molecule has 0 aliphatic carbocycles. The summed E-state index contributed by atoms with van der Waals surface area (Å²) in [4.78, 5) is 10.9. The molecule has 2 rings (SSSR count). The maximum absolute atomic E-state index is 10.9. The summed E-state index contributed by atoms with van der Waals surface area (Å²) in [6, 6.07) is 14.2. The summed E-state index contributed by atoms with van der Waals surface area (Å²) in [5.74, 6) is 0.362. The highest BCUT2D eigenvalue weighted by Crippen LogP contribution is 2.45. The lowest BCUT2D eigenvalue weighted by Gasteiger charge is -2.27. The number of carbonyl (C=O) groups is 1. The highest BCUT2D eigenvalue weighted by Gasteiger charge is 2.29. The molecular formula is C16H15ClO3S. The number of hydrogen-bond acceptors (Lipinski definition) is 4. The van der Waals surface area contributed by atoms with Gasteiger partial charge >= 0.3 is 5.97 Å². The lowest BCUT2D eigenvalue weighted by Crippen LogP contribution is -2.17. The van der Waals surface area contributed by atoms with Crippen LogP contribution in [0.2, 0.25) is 0 Å². The molecule has 1 N–H and O–H groups in total. The Kier molecular flexibility index (Phi) is 4.80. The third kappa shape index (κ3) is 3.52. The lowest BCUT2D eigenvalue weighted by atomic mass is 9.92. The van der Waals surface area contributed by atoms with Crippen LogP contribution in [0.25, 0.3) is 0 Å². The first-order chi connectivity index (χ1) is 9.95. The van der Waals surface area contributed by atoms with E-state index >= 15 is 0 Å². The van der Waals surface area contributed by atoms with Gasteiger partial charge in [0.25, 0.3) is 0 Å². The number of phenols is 1. The van der Waals surface area contributed by atoms with Crippen molar-refractivity contribution < 1.29 is 14.6 Å². The van der Waals surface area contributed by atoms with Gasteiger partial charge in [0.1, 0.15) is 11.5 Å². The van der Waals surface area contributed by atoms with Crippen molar-refractivity contribution in [3.05, 3.63) is 59.7 Å². The van der Waals surface area contributed by atoms with E-state index in [0.29, 0.717) is 5.75 Å². The fraction of sp³-hybridized carbons (Fsp3) is 0.188. The first-order valence-corrected chi connectivity index (χ1v) is 7.98. The van der Waals surface area contributed by atoms with Crippen molar-refractivity contribution in [1.82, 2.24) is 0 Å². The van der Waals surface area contributed by atoms with Crippen molar-refractivity contribution in [2.45, 2.75) is 18.6 Å². The summed E-state index contributed by atoms with van der Waals surface area (Å²) in [6.45, 7) is 3.36. The van der Waals surface area contributed by atoms with E-state index in [2.05, 4.69) is 0 Å². The predicted octanol–water partition coefficient (Wildman–Crippen LogP) is 4.47. The second kappa shape index (κ2) is 6.41. The van der Waals surface area contributed by atoms with Crippen LogP contribution in [0.15, 0.2) is 48.5 Å². The number of hydrogen-bond donors (Lipinski definition) is 1. The zero-order valence-electron chi connectivity index (χ0n) is 11.7. The lowest BCUT2D eigenvalue weighted by molar-refractivity contribution is -0.131. The molecule has 0 amide bonds. The summed E-state index contributed by atoms with van der Waals surface area (Å²) in [7, 11) is 7.30. The highest BCUT2D eigenvalue weighted by molar-refractivity contribution is 8.21. The zero-order chi connectivity index (χ0) is 15.5. The molecule has 1 unspecified atom stereocenters. The molecule has 110 valence electrons. The zero-order valence-corrected chi connectivity index (χ0v) is 13.2. The van der Waals surface area contributed by atoms with E-state index in [1.807, 2.05) is 31.2 Å². The summed E-state index contributed by atoms with van der Waals surface area (Å²) in [5, 5.41) is 9.40. The van der Waals surface area contributed by atoms with Crippen LogP contribution in [-0.2, 0) is 9.54 Å². The monoisotopic (exact) mass is 322 g/mol. The smallest absolute Gasteiger partial charge is 0.308 e. The van der Waals surface area contributed by atoms with Crippen molar-refractivity contribution in [2.24, 2.45) is 0 Å². The minimum Gasteiger partial charge on any atom is -0.508 e. The Morgan fingerprint density at radius 2 is 1.57 bits per heavy atom. The molecule has 0 aliphatic rings. The highest BCUT2D eigenvalue weighted by atomic mass is 35.7. The Labute approximate surface area is 132 Å². The molecule has 2 aromatic carbocycles. The average molecular weight is 323 g/mol. The van der Waals surface area contributed by atoms with Crippen LogP contribution < -0.4 is 4.74 Å². The van der Waals surface area contributed by atoms with E-state index in [-0.39, 0.29) is 11.7 Å². The van der Waals surface area contributed by atoms with Gasteiger partial charge in [0.05, 0.1) is 4.75 Å². The maximum Gasteiger partial charge on any atom is 0.308 e. The van der Waals surface area contributed by atoms with Crippen molar-refractivity contribution in [1.29, 1.82) is 0 Å². The molecule has 3 nitrogen and oxygen atoms in total. The summed E-state index contributed by atoms with van der Waals surface area (Å²) >= 11 is 0. The Balaban J connectivity index is 2.35. The Morgan fingerprint density at radius 1 is 1.10 bits per heavy atom. The van der Waals surface area contributed by atoms with Crippen LogP contribution in [0.4, 0.5) is 0 Å². The fourth-order valence-electron chi connectivity index (χ4n) is 2.04. The third-order valence-electron chi connectivity index (χ3n) is 3.24. The molecule has 0 saturated heterocycles. The number of ether oxygens (including phenoxy) is 1. The van der Waals surface area contributed by atoms with Crippen molar-refractivity contribution >= 4 is 27.6 Å². The molecule has 0 radical (unpaired) electrons. The van der Waals surface area contributed by atoms with Crippen LogP contribution in [0.1, 0.15) is 25.0 Å². The maximum atomic E-state index is 10.9. The standard InChI is InChI=1S/C16H15ClO3S/c1-11(18)20-15-9-5-13(6-10-15)16(2,21-17)12-3-7-14(19)8-4-12/h3-10,19H,1-2H3. The Hall–Kier alpha value is -1.65.